The summed E-state index contributed by atoms with van der Waals surface area (Å²) in [6.45, 7) is 9.25. The highest BCUT2D eigenvalue weighted by atomic mass is 79.9. The molecular formula is C14H15BrN2O2. The maximum absolute atomic E-state index is 11.9. The van der Waals surface area contributed by atoms with E-state index in [1.165, 1.54) is 0 Å². The van der Waals surface area contributed by atoms with Crippen molar-refractivity contribution < 1.29 is 4.42 Å². The van der Waals surface area contributed by atoms with Gasteiger partial charge in [-0.25, -0.2) is 4.79 Å². The van der Waals surface area contributed by atoms with E-state index >= 15 is 0 Å². The number of rotatable bonds is 6. The molecule has 0 atom stereocenters. The standard InChI is InChI=1S/C14H15BrN2O2/c1-3-7-16(8-4-2)10-17-12-6-5-11(15)9-13(12)19-14(17)18/h3-6,9H,1-2,7-8,10H2. The number of hydrogen-bond acceptors (Lipinski definition) is 3. The third-order valence-electron chi connectivity index (χ3n) is 2.75. The number of nitrogens with zero attached hydrogens (tertiary/aromatic N) is 2. The minimum atomic E-state index is -0.355. The van der Waals surface area contributed by atoms with Crippen LogP contribution in [0.25, 0.3) is 11.1 Å². The van der Waals surface area contributed by atoms with Crippen molar-refractivity contribution in [2.45, 2.75) is 6.67 Å². The molecule has 19 heavy (non-hydrogen) atoms. The first-order valence-corrected chi connectivity index (χ1v) is 6.68. The van der Waals surface area contributed by atoms with Gasteiger partial charge in [-0.1, -0.05) is 28.1 Å². The molecule has 1 aromatic heterocycles. The molecule has 1 heterocycles. The van der Waals surface area contributed by atoms with Gasteiger partial charge in [0.05, 0.1) is 12.2 Å². The van der Waals surface area contributed by atoms with Crippen molar-refractivity contribution in [2.24, 2.45) is 0 Å². The molecular weight excluding hydrogens is 308 g/mol. The van der Waals surface area contributed by atoms with E-state index in [-0.39, 0.29) is 5.76 Å². The molecule has 0 saturated heterocycles. The molecule has 0 aliphatic rings. The Morgan fingerprint density at radius 3 is 2.63 bits per heavy atom. The maximum atomic E-state index is 11.9. The minimum Gasteiger partial charge on any atom is -0.408 e. The van der Waals surface area contributed by atoms with Crippen LogP contribution >= 0.6 is 15.9 Å². The van der Waals surface area contributed by atoms with Crippen molar-refractivity contribution in [1.29, 1.82) is 0 Å². The Kier molecular flexibility index (Phi) is 4.39. The molecule has 0 aliphatic carbocycles. The zero-order valence-corrected chi connectivity index (χ0v) is 12.1. The molecule has 0 spiro atoms. The van der Waals surface area contributed by atoms with Gasteiger partial charge < -0.3 is 4.42 Å². The summed E-state index contributed by atoms with van der Waals surface area (Å²) in [4.78, 5) is 13.9. The highest BCUT2D eigenvalue weighted by Gasteiger charge is 2.11. The molecule has 0 fully saturated rings. The second-order valence-corrected chi connectivity index (χ2v) is 5.08. The highest BCUT2D eigenvalue weighted by Crippen LogP contribution is 2.19. The van der Waals surface area contributed by atoms with Crippen LogP contribution in [0.4, 0.5) is 0 Å². The van der Waals surface area contributed by atoms with Crippen molar-refractivity contribution in [3.05, 3.63) is 58.5 Å². The van der Waals surface area contributed by atoms with Crippen LogP contribution < -0.4 is 5.76 Å². The third kappa shape index (κ3) is 3.05. The topological polar surface area (TPSA) is 38.4 Å². The van der Waals surface area contributed by atoms with Crippen LogP contribution in [0.15, 0.2) is 57.2 Å². The first-order valence-electron chi connectivity index (χ1n) is 5.88. The molecule has 2 rings (SSSR count). The number of hydrogen-bond donors (Lipinski definition) is 0. The van der Waals surface area contributed by atoms with E-state index in [2.05, 4.69) is 29.1 Å². The Labute approximate surface area is 119 Å². The van der Waals surface area contributed by atoms with E-state index in [9.17, 15) is 4.79 Å². The van der Waals surface area contributed by atoms with Gasteiger partial charge in [-0.05, 0) is 18.2 Å². The van der Waals surface area contributed by atoms with E-state index in [1.54, 1.807) is 22.8 Å². The number of aromatic nitrogens is 1. The Morgan fingerprint density at radius 2 is 2.00 bits per heavy atom. The molecule has 2 aromatic rings. The Bertz CT molecular complexity index is 647. The molecule has 0 saturated carbocycles. The van der Waals surface area contributed by atoms with Crippen molar-refractivity contribution in [3.63, 3.8) is 0 Å². The second-order valence-electron chi connectivity index (χ2n) is 4.16. The average molecular weight is 323 g/mol. The quantitative estimate of drug-likeness (QED) is 0.767. The fourth-order valence-corrected chi connectivity index (χ4v) is 2.27. The average Bonchev–Trinajstić information content (AvgIpc) is 2.66. The van der Waals surface area contributed by atoms with Crippen molar-refractivity contribution in [3.8, 4) is 0 Å². The first-order chi connectivity index (χ1) is 9.15. The largest absolute Gasteiger partial charge is 0.421 e. The van der Waals surface area contributed by atoms with Gasteiger partial charge in [0, 0.05) is 17.6 Å². The van der Waals surface area contributed by atoms with Crippen LogP contribution in [0.2, 0.25) is 0 Å². The van der Waals surface area contributed by atoms with E-state index in [4.69, 9.17) is 4.42 Å². The smallest absolute Gasteiger partial charge is 0.408 e. The van der Waals surface area contributed by atoms with Crippen LogP contribution in [-0.2, 0) is 6.67 Å². The lowest BCUT2D eigenvalue weighted by Gasteiger charge is -2.18. The molecule has 0 amide bonds. The maximum Gasteiger partial charge on any atom is 0.421 e. The van der Waals surface area contributed by atoms with Gasteiger partial charge in [0.1, 0.15) is 0 Å². The highest BCUT2D eigenvalue weighted by molar-refractivity contribution is 9.10. The van der Waals surface area contributed by atoms with Gasteiger partial charge in [0.2, 0.25) is 0 Å². The third-order valence-corrected chi connectivity index (χ3v) is 3.24. The molecule has 0 N–H and O–H groups in total. The first kappa shape index (κ1) is 13.8. The molecule has 1 aromatic carbocycles. The Balaban J connectivity index is 2.38. The minimum absolute atomic E-state index is 0.355. The number of fused-ring (bicyclic) bond motifs is 1. The Hall–Kier alpha value is -1.59. The second kappa shape index (κ2) is 6.04. The van der Waals surface area contributed by atoms with Crippen LogP contribution in [-0.4, -0.2) is 22.6 Å². The Morgan fingerprint density at radius 1 is 1.32 bits per heavy atom. The summed E-state index contributed by atoms with van der Waals surface area (Å²) in [6, 6.07) is 5.54. The molecule has 0 radical (unpaired) electrons. The number of oxazole rings is 1. The van der Waals surface area contributed by atoms with Gasteiger partial charge in [-0.3, -0.25) is 9.47 Å². The molecule has 100 valence electrons. The van der Waals surface area contributed by atoms with E-state index in [1.807, 2.05) is 17.0 Å². The summed E-state index contributed by atoms with van der Waals surface area (Å²) < 4.78 is 7.73. The molecule has 0 aliphatic heterocycles. The van der Waals surface area contributed by atoms with E-state index in [0.717, 1.165) is 9.99 Å². The summed E-state index contributed by atoms with van der Waals surface area (Å²) in [7, 11) is 0. The number of halogens is 1. The van der Waals surface area contributed by atoms with Gasteiger partial charge in [0.15, 0.2) is 5.58 Å². The monoisotopic (exact) mass is 322 g/mol. The van der Waals surface area contributed by atoms with Crippen LogP contribution in [0, 0.1) is 0 Å². The molecule has 5 heteroatoms. The summed E-state index contributed by atoms with van der Waals surface area (Å²) in [5.74, 6) is -0.355. The van der Waals surface area contributed by atoms with Crippen molar-refractivity contribution in [1.82, 2.24) is 9.47 Å². The molecule has 0 bridgehead atoms. The lowest BCUT2D eigenvalue weighted by Crippen LogP contribution is -2.30. The van der Waals surface area contributed by atoms with Gasteiger partial charge in [-0.15, -0.1) is 13.2 Å². The van der Waals surface area contributed by atoms with Gasteiger partial charge in [0.25, 0.3) is 0 Å². The predicted molar refractivity (Wildman–Crippen MR) is 80.1 cm³/mol. The lowest BCUT2D eigenvalue weighted by atomic mass is 10.3. The summed E-state index contributed by atoms with van der Waals surface area (Å²) in [5, 5.41) is 0. The number of benzene rings is 1. The zero-order chi connectivity index (χ0) is 13.8. The van der Waals surface area contributed by atoms with Crippen LogP contribution in [0.3, 0.4) is 0 Å². The van der Waals surface area contributed by atoms with E-state index < -0.39 is 0 Å². The lowest BCUT2D eigenvalue weighted by molar-refractivity contribution is 0.260. The van der Waals surface area contributed by atoms with E-state index in [0.29, 0.717) is 25.3 Å². The fourth-order valence-electron chi connectivity index (χ4n) is 1.93. The van der Waals surface area contributed by atoms with Crippen molar-refractivity contribution in [2.75, 3.05) is 13.1 Å². The summed E-state index contributed by atoms with van der Waals surface area (Å²) in [5.41, 5.74) is 1.36. The molecule has 0 unspecified atom stereocenters. The summed E-state index contributed by atoms with van der Waals surface area (Å²) >= 11 is 3.36. The normalized spacial score (nSPS) is 11.1. The van der Waals surface area contributed by atoms with Gasteiger partial charge >= 0.3 is 5.76 Å². The molecule has 4 nitrogen and oxygen atoms in total. The van der Waals surface area contributed by atoms with Gasteiger partial charge in [-0.2, -0.15) is 0 Å². The van der Waals surface area contributed by atoms with Crippen LogP contribution in [0.5, 0.6) is 0 Å². The zero-order valence-electron chi connectivity index (χ0n) is 10.5. The summed E-state index contributed by atoms with van der Waals surface area (Å²) in [6.07, 6.45) is 3.60. The predicted octanol–water partition coefficient (Wildman–Crippen LogP) is 2.99. The fraction of sp³-hybridized carbons (Fsp3) is 0.214. The van der Waals surface area contributed by atoms with Crippen molar-refractivity contribution >= 4 is 27.0 Å². The van der Waals surface area contributed by atoms with Crippen LogP contribution in [0.1, 0.15) is 0 Å². The SMILES string of the molecule is C=CCN(CC=C)Cn1c(=O)oc2cc(Br)ccc21.